The summed E-state index contributed by atoms with van der Waals surface area (Å²) in [7, 11) is 0. The molecule has 1 atom stereocenters. The van der Waals surface area contributed by atoms with Crippen LogP contribution in [0.25, 0.3) is 0 Å². The van der Waals surface area contributed by atoms with Crippen molar-refractivity contribution in [3.63, 3.8) is 0 Å². The van der Waals surface area contributed by atoms with Crippen molar-refractivity contribution in [1.29, 1.82) is 0 Å². The number of carbonyl (C=O) groups excluding carboxylic acids is 2. The molecule has 2 rings (SSSR count). The SMILES string of the molecule is C=CC1CC(=O)N(C2(C)CCN(C(=O)OC(C)(C)C)CC2)C1. The average molecular weight is 308 g/mol. The Kier molecular flexibility index (Phi) is 4.54. The van der Waals surface area contributed by atoms with Gasteiger partial charge in [-0.3, -0.25) is 4.79 Å². The first kappa shape index (κ1) is 16.8. The van der Waals surface area contributed by atoms with Gasteiger partial charge in [-0.15, -0.1) is 6.58 Å². The van der Waals surface area contributed by atoms with Crippen molar-refractivity contribution >= 4 is 12.0 Å². The number of ether oxygens (including phenoxy) is 1. The highest BCUT2D eigenvalue weighted by atomic mass is 16.6. The highest BCUT2D eigenvalue weighted by molar-refractivity contribution is 5.80. The lowest BCUT2D eigenvalue weighted by Crippen LogP contribution is -2.55. The van der Waals surface area contributed by atoms with Gasteiger partial charge in [-0.2, -0.15) is 0 Å². The first-order valence-electron chi connectivity index (χ1n) is 8.05. The van der Waals surface area contributed by atoms with Gasteiger partial charge in [-0.25, -0.2) is 4.79 Å². The molecular formula is C17H28N2O3. The molecule has 0 radical (unpaired) electrons. The largest absolute Gasteiger partial charge is 0.444 e. The van der Waals surface area contributed by atoms with Crippen LogP contribution >= 0.6 is 0 Å². The van der Waals surface area contributed by atoms with Gasteiger partial charge < -0.3 is 14.5 Å². The fourth-order valence-electron chi connectivity index (χ4n) is 3.18. The van der Waals surface area contributed by atoms with E-state index in [-0.39, 0.29) is 23.5 Å². The van der Waals surface area contributed by atoms with Gasteiger partial charge in [0.1, 0.15) is 5.60 Å². The van der Waals surface area contributed by atoms with Crippen LogP contribution in [-0.2, 0) is 9.53 Å². The summed E-state index contributed by atoms with van der Waals surface area (Å²) in [6.45, 7) is 13.6. The molecule has 0 bridgehead atoms. The molecule has 0 saturated carbocycles. The van der Waals surface area contributed by atoms with Crippen molar-refractivity contribution in [1.82, 2.24) is 9.80 Å². The van der Waals surface area contributed by atoms with Crippen LogP contribution in [0, 0.1) is 5.92 Å². The van der Waals surface area contributed by atoms with Crippen molar-refractivity contribution in [3.8, 4) is 0 Å². The zero-order valence-corrected chi connectivity index (χ0v) is 14.2. The standard InChI is InChI=1S/C17H28N2O3/c1-6-13-11-14(20)19(12-13)17(5)7-9-18(10-8-17)15(21)22-16(2,3)4/h6,13H,1,7-12H2,2-5H3. The van der Waals surface area contributed by atoms with Crippen LogP contribution in [0.15, 0.2) is 12.7 Å². The minimum atomic E-state index is -0.472. The molecule has 0 N–H and O–H groups in total. The van der Waals surface area contributed by atoms with E-state index < -0.39 is 5.60 Å². The van der Waals surface area contributed by atoms with E-state index in [2.05, 4.69) is 13.5 Å². The van der Waals surface area contributed by atoms with E-state index >= 15 is 0 Å². The molecule has 0 aromatic carbocycles. The Balaban J connectivity index is 1.95. The molecule has 2 amide bonds. The van der Waals surface area contributed by atoms with Gasteiger partial charge in [0.15, 0.2) is 0 Å². The molecule has 0 spiro atoms. The lowest BCUT2D eigenvalue weighted by Gasteiger charge is -2.45. The van der Waals surface area contributed by atoms with Gasteiger partial charge >= 0.3 is 6.09 Å². The normalized spacial score (nSPS) is 25.3. The maximum absolute atomic E-state index is 12.2. The summed E-state index contributed by atoms with van der Waals surface area (Å²) >= 11 is 0. The second kappa shape index (κ2) is 5.94. The van der Waals surface area contributed by atoms with E-state index in [0.29, 0.717) is 19.5 Å². The molecule has 2 aliphatic rings. The number of amides is 2. The number of hydrogen-bond donors (Lipinski definition) is 0. The van der Waals surface area contributed by atoms with Gasteiger partial charge in [-0.05, 0) is 40.5 Å². The number of likely N-dealkylation sites (tertiary alicyclic amines) is 2. The Morgan fingerprint density at radius 3 is 2.41 bits per heavy atom. The highest BCUT2D eigenvalue weighted by Gasteiger charge is 2.43. The zero-order chi connectivity index (χ0) is 16.5. The van der Waals surface area contributed by atoms with Crippen LogP contribution in [0.2, 0.25) is 0 Å². The van der Waals surface area contributed by atoms with Crippen LogP contribution in [0.4, 0.5) is 4.79 Å². The molecule has 0 aliphatic carbocycles. The van der Waals surface area contributed by atoms with Crippen LogP contribution in [0.5, 0.6) is 0 Å². The van der Waals surface area contributed by atoms with Gasteiger partial charge in [0.25, 0.3) is 0 Å². The third-order valence-electron chi connectivity index (χ3n) is 4.63. The molecule has 5 heteroatoms. The predicted octanol–water partition coefficient (Wildman–Crippen LogP) is 2.81. The van der Waals surface area contributed by atoms with Gasteiger partial charge in [0, 0.05) is 37.5 Å². The summed E-state index contributed by atoms with van der Waals surface area (Å²) in [5, 5.41) is 0. The molecule has 2 aliphatic heterocycles. The van der Waals surface area contributed by atoms with Crippen LogP contribution < -0.4 is 0 Å². The monoisotopic (exact) mass is 308 g/mol. The Bertz CT molecular complexity index is 459. The van der Waals surface area contributed by atoms with E-state index in [0.717, 1.165) is 19.4 Å². The molecule has 0 aromatic heterocycles. The number of nitrogens with zero attached hydrogens (tertiary/aromatic N) is 2. The van der Waals surface area contributed by atoms with Crippen LogP contribution in [0.1, 0.15) is 47.0 Å². The molecule has 22 heavy (non-hydrogen) atoms. The first-order valence-corrected chi connectivity index (χ1v) is 8.05. The highest BCUT2D eigenvalue weighted by Crippen LogP contribution is 2.34. The fourth-order valence-corrected chi connectivity index (χ4v) is 3.18. The molecule has 124 valence electrons. The average Bonchev–Trinajstić information content (AvgIpc) is 2.79. The molecule has 0 aromatic rings. The van der Waals surface area contributed by atoms with Crippen molar-refractivity contribution in [2.75, 3.05) is 19.6 Å². The summed E-state index contributed by atoms with van der Waals surface area (Å²) in [6, 6.07) is 0. The summed E-state index contributed by atoms with van der Waals surface area (Å²) in [6.07, 6.45) is 3.77. The van der Waals surface area contributed by atoms with Crippen molar-refractivity contribution < 1.29 is 14.3 Å². The Morgan fingerprint density at radius 1 is 1.36 bits per heavy atom. The van der Waals surface area contributed by atoms with Gasteiger partial charge in [0.2, 0.25) is 5.91 Å². The minimum absolute atomic E-state index is 0.159. The van der Waals surface area contributed by atoms with Crippen LogP contribution in [0.3, 0.4) is 0 Å². The molecule has 5 nitrogen and oxygen atoms in total. The van der Waals surface area contributed by atoms with Gasteiger partial charge in [-0.1, -0.05) is 6.08 Å². The first-order chi connectivity index (χ1) is 10.1. The van der Waals surface area contributed by atoms with E-state index in [1.165, 1.54) is 0 Å². The van der Waals surface area contributed by atoms with E-state index in [9.17, 15) is 9.59 Å². The van der Waals surface area contributed by atoms with E-state index in [4.69, 9.17) is 4.74 Å². The smallest absolute Gasteiger partial charge is 0.410 e. The van der Waals surface area contributed by atoms with E-state index in [1.807, 2.05) is 31.7 Å². The minimum Gasteiger partial charge on any atom is -0.444 e. The lowest BCUT2D eigenvalue weighted by atomic mass is 9.88. The molecule has 2 heterocycles. The third kappa shape index (κ3) is 3.62. The van der Waals surface area contributed by atoms with Crippen molar-refractivity contribution in [2.24, 2.45) is 5.92 Å². The summed E-state index contributed by atoms with van der Waals surface area (Å²) in [5.41, 5.74) is -0.632. The summed E-state index contributed by atoms with van der Waals surface area (Å²) in [5.74, 6) is 0.464. The van der Waals surface area contributed by atoms with E-state index in [1.54, 1.807) is 4.90 Å². The second-order valence-corrected chi connectivity index (χ2v) is 7.67. The van der Waals surface area contributed by atoms with Crippen molar-refractivity contribution in [2.45, 2.75) is 58.1 Å². The quantitative estimate of drug-likeness (QED) is 0.737. The topological polar surface area (TPSA) is 49.9 Å². The molecule has 2 saturated heterocycles. The number of hydrogen-bond acceptors (Lipinski definition) is 3. The predicted molar refractivity (Wildman–Crippen MR) is 85.5 cm³/mol. The number of carbonyl (C=O) groups is 2. The number of piperidine rings is 1. The van der Waals surface area contributed by atoms with Crippen molar-refractivity contribution in [3.05, 3.63) is 12.7 Å². The summed E-state index contributed by atoms with van der Waals surface area (Å²) in [4.78, 5) is 28.1. The number of rotatable bonds is 2. The maximum atomic E-state index is 12.2. The Labute approximate surface area is 133 Å². The molecule has 2 fully saturated rings. The zero-order valence-electron chi connectivity index (χ0n) is 14.2. The summed E-state index contributed by atoms with van der Waals surface area (Å²) < 4.78 is 5.42. The van der Waals surface area contributed by atoms with Gasteiger partial charge in [0.05, 0.1) is 0 Å². The maximum Gasteiger partial charge on any atom is 0.410 e. The second-order valence-electron chi connectivity index (χ2n) is 7.67. The molecule has 1 unspecified atom stereocenters. The molecular weight excluding hydrogens is 280 g/mol. The lowest BCUT2D eigenvalue weighted by molar-refractivity contribution is -0.134. The Hall–Kier alpha value is -1.52. The third-order valence-corrected chi connectivity index (χ3v) is 4.63. The van der Waals surface area contributed by atoms with Crippen LogP contribution in [-0.4, -0.2) is 52.6 Å². The Morgan fingerprint density at radius 2 is 1.95 bits per heavy atom. The fraction of sp³-hybridized carbons (Fsp3) is 0.765.